The molecule has 0 saturated carbocycles. The van der Waals surface area contributed by atoms with Gasteiger partial charge < -0.3 is 9.88 Å². The lowest BCUT2D eigenvalue weighted by atomic mass is 10.2. The highest BCUT2D eigenvalue weighted by Gasteiger charge is 2.14. The molecule has 0 amide bonds. The molecule has 1 aromatic heterocycles. The molecule has 1 saturated heterocycles. The third-order valence-corrected chi connectivity index (χ3v) is 3.16. The highest BCUT2D eigenvalue weighted by Crippen LogP contribution is 2.07. The number of nitrogens with one attached hydrogen (secondary N) is 1. The second-order valence-electron chi connectivity index (χ2n) is 3.61. The van der Waals surface area contributed by atoms with E-state index in [1.807, 2.05) is 12.3 Å². The molecule has 3 nitrogen and oxygen atoms in total. The third kappa shape index (κ3) is 2.07. The molecular weight excluding hydrogens is 244 g/mol. The Labute approximate surface area is 91.3 Å². The molecule has 76 valence electrons. The first kappa shape index (κ1) is 9.93. The number of aromatic nitrogens is 1. The monoisotopic (exact) mass is 256 g/mol. The summed E-state index contributed by atoms with van der Waals surface area (Å²) >= 11 is 3.24. The van der Waals surface area contributed by atoms with E-state index in [4.69, 9.17) is 0 Å². The molecule has 14 heavy (non-hydrogen) atoms. The molecule has 1 N–H and O–H groups in total. The largest absolute Gasteiger partial charge is 0.313 e. The van der Waals surface area contributed by atoms with Crippen LogP contribution in [0.4, 0.5) is 0 Å². The number of halogens is 1. The fraction of sp³-hybridized carbons (Fsp3) is 0.500. The van der Waals surface area contributed by atoms with Crippen LogP contribution in [0.1, 0.15) is 12.8 Å². The van der Waals surface area contributed by atoms with Crippen molar-refractivity contribution in [1.82, 2.24) is 9.88 Å². The molecule has 0 bridgehead atoms. The summed E-state index contributed by atoms with van der Waals surface area (Å²) in [6.07, 6.45) is 4.22. The SMILES string of the molecule is O=c1c(Br)cccn1CC1CCCN1. The molecular formula is C10H13BrN2O. The summed E-state index contributed by atoms with van der Waals surface area (Å²) in [5.74, 6) is 0. The first-order chi connectivity index (χ1) is 6.77. The Morgan fingerprint density at radius 3 is 3.21 bits per heavy atom. The van der Waals surface area contributed by atoms with Crippen LogP contribution in [0.15, 0.2) is 27.6 Å². The zero-order chi connectivity index (χ0) is 9.97. The van der Waals surface area contributed by atoms with Gasteiger partial charge in [-0.25, -0.2) is 0 Å². The van der Waals surface area contributed by atoms with Crippen molar-refractivity contribution < 1.29 is 0 Å². The molecule has 0 spiro atoms. The van der Waals surface area contributed by atoms with E-state index in [1.54, 1.807) is 10.6 Å². The Hall–Kier alpha value is -0.610. The van der Waals surface area contributed by atoms with E-state index < -0.39 is 0 Å². The van der Waals surface area contributed by atoms with Crippen LogP contribution in [0.5, 0.6) is 0 Å². The van der Waals surface area contributed by atoms with E-state index in [9.17, 15) is 4.79 Å². The summed E-state index contributed by atoms with van der Waals surface area (Å²) < 4.78 is 2.39. The Kier molecular flexibility index (Phi) is 3.03. The summed E-state index contributed by atoms with van der Waals surface area (Å²) in [7, 11) is 0. The predicted octanol–water partition coefficient (Wildman–Crippen LogP) is 1.36. The van der Waals surface area contributed by atoms with Crippen molar-refractivity contribution in [2.75, 3.05) is 6.54 Å². The molecule has 0 aliphatic carbocycles. The molecule has 1 atom stereocenters. The second-order valence-corrected chi connectivity index (χ2v) is 4.46. The van der Waals surface area contributed by atoms with E-state index in [1.165, 1.54) is 12.8 Å². The minimum absolute atomic E-state index is 0.0567. The van der Waals surface area contributed by atoms with Crippen LogP contribution in [0, 0.1) is 0 Å². The van der Waals surface area contributed by atoms with Gasteiger partial charge in [-0.15, -0.1) is 0 Å². The average Bonchev–Trinajstić information content (AvgIpc) is 2.66. The highest BCUT2D eigenvalue weighted by molar-refractivity contribution is 9.10. The number of rotatable bonds is 2. The maximum atomic E-state index is 11.6. The Bertz CT molecular complexity index is 369. The molecule has 1 unspecified atom stereocenters. The average molecular weight is 257 g/mol. The van der Waals surface area contributed by atoms with Crippen molar-refractivity contribution in [2.45, 2.75) is 25.4 Å². The van der Waals surface area contributed by atoms with Crippen LogP contribution in [0.2, 0.25) is 0 Å². The third-order valence-electron chi connectivity index (χ3n) is 2.55. The van der Waals surface area contributed by atoms with Gasteiger partial charge in [0, 0.05) is 18.8 Å². The first-order valence-corrected chi connectivity index (χ1v) is 5.65. The standard InChI is InChI=1S/C10H13BrN2O/c11-9-4-2-6-13(10(9)14)7-8-3-1-5-12-8/h2,4,6,8,12H,1,3,5,7H2. The van der Waals surface area contributed by atoms with Gasteiger partial charge >= 0.3 is 0 Å². The predicted molar refractivity (Wildman–Crippen MR) is 59.4 cm³/mol. The topological polar surface area (TPSA) is 34.0 Å². The van der Waals surface area contributed by atoms with E-state index in [-0.39, 0.29) is 5.56 Å². The maximum Gasteiger partial charge on any atom is 0.264 e. The number of pyridine rings is 1. The maximum absolute atomic E-state index is 11.6. The molecule has 1 fully saturated rings. The molecule has 2 rings (SSSR count). The molecule has 1 aliphatic heterocycles. The van der Waals surface area contributed by atoms with Crippen LogP contribution in [0.25, 0.3) is 0 Å². The van der Waals surface area contributed by atoms with Gasteiger partial charge in [0.05, 0.1) is 4.47 Å². The van der Waals surface area contributed by atoms with Crippen LogP contribution in [-0.4, -0.2) is 17.2 Å². The van der Waals surface area contributed by atoms with Crippen LogP contribution < -0.4 is 10.9 Å². The van der Waals surface area contributed by atoms with Crippen LogP contribution in [-0.2, 0) is 6.54 Å². The summed E-state index contributed by atoms with van der Waals surface area (Å²) in [5, 5.41) is 3.38. The molecule has 0 radical (unpaired) electrons. The van der Waals surface area contributed by atoms with Crippen molar-refractivity contribution >= 4 is 15.9 Å². The van der Waals surface area contributed by atoms with Crippen molar-refractivity contribution in [1.29, 1.82) is 0 Å². The lowest BCUT2D eigenvalue weighted by Crippen LogP contribution is -2.32. The normalized spacial score (nSPS) is 21.4. The van der Waals surface area contributed by atoms with Gasteiger partial charge in [0.2, 0.25) is 0 Å². The van der Waals surface area contributed by atoms with Crippen molar-refractivity contribution in [3.63, 3.8) is 0 Å². The van der Waals surface area contributed by atoms with Gasteiger partial charge in [-0.2, -0.15) is 0 Å². The lowest BCUT2D eigenvalue weighted by molar-refractivity contribution is 0.498. The molecule has 0 aromatic carbocycles. The summed E-state index contributed by atoms with van der Waals surface area (Å²) in [5.41, 5.74) is 0.0567. The van der Waals surface area contributed by atoms with Crippen molar-refractivity contribution in [3.8, 4) is 0 Å². The fourth-order valence-electron chi connectivity index (χ4n) is 1.80. The highest BCUT2D eigenvalue weighted by atomic mass is 79.9. The van der Waals surface area contributed by atoms with Gasteiger partial charge in [-0.05, 0) is 47.4 Å². The Balaban J connectivity index is 2.16. The van der Waals surface area contributed by atoms with Crippen LogP contribution in [0.3, 0.4) is 0 Å². The zero-order valence-electron chi connectivity index (χ0n) is 7.87. The minimum Gasteiger partial charge on any atom is -0.313 e. The van der Waals surface area contributed by atoms with Gasteiger partial charge in [-0.1, -0.05) is 0 Å². The molecule has 4 heteroatoms. The van der Waals surface area contributed by atoms with Gasteiger partial charge in [0.1, 0.15) is 0 Å². The summed E-state index contributed by atoms with van der Waals surface area (Å²) in [6, 6.07) is 4.13. The van der Waals surface area contributed by atoms with Gasteiger partial charge in [0.15, 0.2) is 0 Å². The Morgan fingerprint density at radius 1 is 1.64 bits per heavy atom. The Morgan fingerprint density at radius 2 is 2.50 bits per heavy atom. The second kappa shape index (κ2) is 4.28. The number of hydrogen-bond acceptors (Lipinski definition) is 2. The molecule has 2 heterocycles. The van der Waals surface area contributed by atoms with E-state index in [0.717, 1.165) is 13.1 Å². The van der Waals surface area contributed by atoms with E-state index in [2.05, 4.69) is 21.2 Å². The van der Waals surface area contributed by atoms with Crippen LogP contribution >= 0.6 is 15.9 Å². The number of hydrogen-bond donors (Lipinski definition) is 1. The zero-order valence-corrected chi connectivity index (χ0v) is 9.46. The van der Waals surface area contributed by atoms with Crippen molar-refractivity contribution in [2.24, 2.45) is 0 Å². The number of nitrogens with zero attached hydrogens (tertiary/aromatic N) is 1. The molecule has 1 aliphatic rings. The van der Waals surface area contributed by atoms with E-state index >= 15 is 0 Å². The molecule has 1 aromatic rings. The van der Waals surface area contributed by atoms with Gasteiger partial charge in [-0.3, -0.25) is 4.79 Å². The van der Waals surface area contributed by atoms with Gasteiger partial charge in [0.25, 0.3) is 5.56 Å². The summed E-state index contributed by atoms with van der Waals surface area (Å²) in [6.45, 7) is 1.85. The lowest BCUT2D eigenvalue weighted by Gasteiger charge is -2.12. The minimum atomic E-state index is 0.0567. The fourth-order valence-corrected chi connectivity index (χ4v) is 2.18. The smallest absolute Gasteiger partial charge is 0.264 e. The summed E-state index contributed by atoms with van der Waals surface area (Å²) in [4.78, 5) is 11.6. The van der Waals surface area contributed by atoms with E-state index in [0.29, 0.717) is 10.5 Å². The first-order valence-electron chi connectivity index (χ1n) is 4.86. The van der Waals surface area contributed by atoms with Crippen molar-refractivity contribution in [3.05, 3.63) is 33.2 Å². The quantitative estimate of drug-likeness (QED) is 0.868.